The summed E-state index contributed by atoms with van der Waals surface area (Å²) < 4.78 is 4.93. The Hall–Kier alpha value is -3.02. The molecule has 1 unspecified atom stereocenters. The number of benzene rings is 2. The van der Waals surface area contributed by atoms with Gasteiger partial charge in [-0.05, 0) is 23.3 Å². The van der Waals surface area contributed by atoms with E-state index >= 15 is 0 Å². The summed E-state index contributed by atoms with van der Waals surface area (Å²) in [6.07, 6.45) is -0.298. The molecule has 3 rings (SSSR count). The Morgan fingerprint density at radius 1 is 1.21 bits per heavy atom. The fourth-order valence-corrected chi connectivity index (χ4v) is 2.68. The second-order valence-corrected chi connectivity index (χ2v) is 5.63. The molecular formula is C18H19N3O3. The Labute approximate surface area is 140 Å². The molecule has 2 aromatic carbocycles. The van der Waals surface area contributed by atoms with E-state index in [0.717, 1.165) is 16.8 Å². The highest BCUT2D eigenvalue weighted by atomic mass is 16.6. The van der Waals surface area contributed by atoms with Crippen molar-refractivity contribution in [2.75, 3.05) is 18.5 Å². The number of nitrogens with two attached hydrogens (primary N) is 1. The van der Waals surface area contributed by atoms with Crippen molar-refractivity contribution in [1.29, 1.82) is 0 Å². The molecule has 3 N–H and O–H groups in total. The number of rotatable bonds is 6. The quantitative estimate of drug-likeness (QED) is 0.853. The van der Waals surface area contributed by atoms with Gasteiger partial charge >= 0.3 is 6.09 Å². The van der Waals surface area contributed by atoms with Crippen molar-refractivity contribution >= 4 is 17.7 Å². The smallest absolute Gasteiger partial charge is 0.410 e. The number of cyclic esters (lactones) is 1. The number of nitrogens with one attached hydrogen (secondary N) is 1. The van der Waals surface area contributed by atoms with Crippen LogP contribution in [0.15, 0.2) is 54.6 Å². The van der Waals surface area contributed by atoms with E-state index in [0.29, 0.717) is 19.7 Å². The number of hydrogen-bond acceptors (Lipinski definition) is 4. The van der Waals surface area contributed by atoms with Gasteiger partial charge < -0.3 is 20.7 Å². The average molecular weight is 325 g/mol. The van der Waals surface area contributed by atoms with E-state index in [4.69, 9.17) is 10.5 Å². The summed E-state index contributed by atoms with van der Waals surface area (Å²) in [5.41, 5.74) is 8.06. The first kappa shape index (κ1) is 15.9. The number of anilines is 1. The minimum absolute atomic E-state index is 0.298. The van der Waals surface area contributed by atoms with Crippen molar-refractivity contribution in [3.8, 4) is 0 Å². The summed E-state index contributed by atoms with van der Waals surface area (Å²) in [7, 11) is 0. The van der Waals surface area contributed by atoms with E-state index in [2.05, 4.69) is 5.32 Å². The van der Waals surface area contributed by atoms with Crippen LogP contribution >= 0.6 is 0 Å². The predicted molar refractivity (Wildman–Crippen MR) is 90.2 cm³/mol. The summed E-state index contributed by atoms with van der Waals surface area (Å²) in [6, 6.07) is 16.3. The monoisotopic (exact) mass is 325 g/mol. The Bertz CT molecular complexity index is 733. The van der Waals surface area contributed by atoms with Gasteiger partial charge in [-0.15, -0.1) is 0 Å². The zero-order chi connectivity index (χ0) is 16.9. The van der Waals surface area contributed by atoms with E-state index in [9.17, 15) is 9.59 Å². The van der Waals surface area contributed by atoms with Gasteiger partial charge in [-0.2, -0.15) is 0 Å². The van der Waals surface area contributed by atoms with E-state index in [1.165, 1.54) is 0 Å². The van der Waals surface area contributed by atoms with Crippen LogP contribution in [-0.4, -0.2) is 30.1 Å². The van der Waals surface area contributed by atoms with Gasteiger partial charge in [-0.3, -0.25) is 4.79 Å². The minimum atomic E-state index is -0.613. The number of hydrogen-bond donors (Lipinski definition) is 2. The number of ether oxygens (including phenoxy) is 1. The van der Waals surface area contributed by atoms with Crippen LogP contribution in [0.25, 0.3) is 0 Å². The number of carbonyl (C=O) groups is 2. The molecule has 0 aliphatic carbocycles. The lowest BCUT2D eigenvalue weighted by Crippen LogP contribution is -2.27. The van der Waals surface area contributed by atoms with Crippen LogP contribution in [0.5, 0.6) is 0 Å². The Kier molecular flexibility index (Phi) is 4.65. The topological polar surface area (TPSA) is 84.7 Å². The molecule has 0 aromatic heterocycles. The lowest BCUT2D eigenvalue weighted by atomic mass is 10.1. The Morgan fingerprint density at radius 2 is 2.00 bits per heavy atom. The van der Waals surface area contributed by atoms with Crippen molar-refractivity contribution < 1.29 is 14.3 Å². The molecule has 6 heteroatoms. The average Bonchev–Trinajstić information content (AvgIpc) is 2.98. The van der Waals surface area contributed by atoms with Crippen molar-refractivity contribution in [1.82, 2.24) is 4.90 Å². The fourth-order valence-electron chi connectivity index (χ4n) is 2.68. The number of nitrogens with zero attached hydrogens (tertiary/aromatic N) is 1. The zero-order valence-electron chi connectivity index (χ0n) is 13.1. The summed E-state index contributed by atoms with van der Waals surface area (Å²) in [5, 5.41) is 3.16. The van der Waals surface area contributed by atoms with E-state index in [1.807, 2.05) is 54.6 Å². The third-order valence-corrected chi connectivity index (χ3v) is 3.87. The lowest BCUT2D eigenvalue weighted by Gasteiger charge is -2.18. The molecule has 1 saturated heterocycles. The van der Waals surface area contributed by atoms with Gasteiger partial charge in [0.25, 0.3) is 0 Å². The molecule has 0 radical (unpaired) electrons. The van der Waals surface area contributed by atoms with Gasteiger partial charge in [-0.25, -0.2) is 4.79 Å². The molecule has 0 spiro atoms. The molecule has 124 valence electrons. The Morgan fingerprint density at radius 3 is 2.67 bits per heavy atom. The van der Waals surface area contributed by atoms with Gasteiger partial charge in [0.2, 0.25) is 5.91 Å². The maximum atomic E-state index is 11.8. The van der Waals surface area contributed by atoms with Crippen LogP contribution in [0.2, 0.25) is 0 Å². The van der Waals surface area contributed by atoms with Crippen LogP contribution in [0.3, 0.4) is 0 Å². The van der Waals surface area contributed by atoms with Crippen molar-refractivity contribution in [3.63, 3.8) is 0 Å². The summed E-state index contributed by atoms with van der Waals surface area (Å²) >= 11 is 0. The van der Waals surface area contributed by atoms with Crippen molar-refractivity contribution in [3.05, 3.63) is 65.7 Å². The highest BCUT2D eigenvalue weighted by Crippen LogP contribution is 2.21. The maximum absolute atomic E-state index is 11.8. The maximum Gasteiger partial charge on any atom is 0.410 e. The van der Waals surface area contributed by atoms with Crippen LogP contribution in [0.1, 0.15) is 17.2 Å². The fraction of sp³-hybridized carbons (Fsp3) is 0.222. The molecule has 1 atom stereocenters. The van der Waals surface area contributed by atoms with Crippen molar-refractivity contribution in [2.45, 2.75) is 12.6 Å². The normalized spacial score (nSPS) is 15.0. The molecule has 1 aliphatic heterocycles. The SMILES string of the molecule is NC(=O)C(Nc1cccc(CN2CCOC2=O)c1)c1ccccc1. The molecule has 2 amide bonds. The standard InChI is InChI=1S/C18H19N3O3/c19-17(22)16(14-6-2-1-3-7-14)20-15-8-4-5-13(11-15)12-21-9-10-24-18(21)23/h1-8,11,16,20H,9-10,12H2,(H2,19,22). The van der Waals surface area contributed by atoms with Crippen LogP contribution in [-0.2, 0) is 16.1 Å². The van der Waals surface area contributed by atoms with Crippen molar-refractivity contribution in [2.24, 2.45) is 5.73 Å². The van der Waals surface area contributed by atoms with Crippen LogP contribution < -0.4 is 11.1 Å². The number of amides is 2. The Balaban J connectivity index is 1.75. The second kappa shape index (κ2) is 7.04. The van der Waals surface area contributed by atoms with E-state index in [-0.39, 0.29) is 6.09 Å². The lowest BCUT2D eigenvalue weighted by molar-refractivity contribution is -0.118. The summed E-state index contributed by atoms with van der Waals surface area (Å²) in [6.45, 7) is 1.49. The number of carbonyl (C=O) groups excluding carboxylic acids is 2. The molecular weight excluding hydrogens is 306 g/mol. The molecule has 2 aromatic rings. The van der Waals surface area contributed by atoms with Gasteiger partial charge in [0, 0.05) is 12.2 Å². The first-order valence-corrected chi connectivity index (χ1v) is 7.75. The van der Waals surface area contributed by atoms with Crippen LogP contribution in [0, 0.1) is 0 Å². The zero-order valence-corrected chi connectivity index (χ0v) is 13.1. The second-order valence-electron chi connectivity index (χ2n) is 5.63. The molecule has 0 saturated carbocycles. The van der Waals surface area contributed by atoms with Gasteiger partial charge in [0.15, 0.2) is 0 Å². The van der Waals surface area contributed by atoms with E-state index < -0.39 is 11.9 Å². The highest BCUT2D eigenvalue weighted by molar-refractivity contribution is 5.84. The van der Waals surface area contributed by atoms with Gasteiger partial charge in [0.05, 0.1) is 6.54 Å². The van der Waals surface area contributed by atoms with Gasteiger partial charge in [-0.1, -0.05) is 42.5 Å². The highest BCUT2D eigenvalue weighted by Gasteiger charge is 2.22. The largest absolute Gasteiger partial charge is 0.448 e. The molecule has 6 nitrogen and oxygen atoms in total. The molecule has 0 bridgehead atoms. The molecule has 1 aliphatic rings. The summed E-state index contributed by atoms with van der Waals surface area (Å²) in [4.78, 5) is 25.0. The third kappa shape index (κ3) is 3.65. The van der Waals surface area contributed by atoms with Gasteiger partial charge in [0.1, 0.15) is 12.6 Å². The first-order chi connectivity index (χ1) is 11.6. The molecule has 24 heavy (non-hydrogen) atoms. The molecule has 1 heterocycles. The third-order valence-electron chi connectivity index (χ3n) is 3.87. The van der Waals surface area contributed by atoms with Crippen LogP contribution in [0.4, 0.5) is 10.5 Å². The molecule has 1 fully saturated rings. The minimum Gasteiger partial charge on any atom is -0.448 e. The summed E-state index contributed by atoms with van der Waals surface area (Å²) in [5.74, 6) is -0.449. The van der Waals surface area contributed by atoms with E-state index in [1.54, 1.807) is 4.90 Å². The number of primary amides is 1. The first-order valence-electron chi connectivity index (χ1n) is 7.75. The predicted octanol–water partition coefficient (Wildman–Crippen LogP) is 2.28.